The molecule has 9 heteroatoms. The molecule has 0 aliphatic rings. The van der Waals surface area contributed by atoms with E-state index in [4.69, 9.17) is 0 Å². The molecule has 0 radical (unpaired) electrons. The molecule has 0 aromatic carbocycles. The Hall–Kier alpha value is -1.65. The minimum Gasteiger partial charge on any atom is -0.368 e. The van der Waals surface area contributed by atoms with Crippen molar-refractivity contribution in [3.63, 3.8) is 0 Å². The molecule has 2 aromatic rings. The summed E-state index contributed by atoms with van der Waals surface area (Å²) in [5, 5.41) is 11.8. The quantitative estimate of drug-likeness (QED) is 0.292. The minimum absolute atomic E-state index is 0. The summed E-state index contributed by atoms with van der Waals surface area (Å²) in [5.41, 5.74) is 0.825. The number of aromatic nitrogens is 4. The van der Waals surface area contributed by atoms with Crippen LogP contribution >= 0.6 is 24.0 Å². The van der Waals surface area contributed by atoms with Crippen LogP contribution < -0.4 is 10.6 Å². The predicted octanol–water partition coefficient (Wildman–Crippen LogP) is 1.70. The van der Waals surface area contributed by atoms with E-state index < -0.39 is 0 Å². The highest BCUT2D eigenvalue weighted by molar-refractivity contribution is 14.0. The third kappa shape index (κ3) is 5.18. The Morgan fingerprint density at radius 2 is 2.12 bits per heavy atom. The average molecular weight is 446 g/mol. The van der Waals surface area contributed by atoms with Crippen molar-refractivity contribution in [1.29, 1.82) is 0 Å². The number of fused-ring (bicyclic) bond motifs is 1. The molecule has 2 N–H and O–H groups in total. The lowest BCUT2D eigenvalue weighted by Gasteiger charge is -2.21. The van der Waals surface area contributed by atoms with Crippen LogP contribution in [-0.2, 0) is 7.05 Å². The summed E-state index contributed by atoms with van der Waals surface area (Å²) in [5.74, 6) is 1.72. The largest absolute Gasteiger partial charge is 0.368 e. The number of nitrogens with zero attached hydrogens (tertiary/aromatic N) is 6. The van der Waals surface area contributed by atoms with Crippen molar-refractivity contribution in [3.8, 4) is 0 Å². The van der Waals surface area contributed by atoms with E-state index in [0.29, 0.717) is 0 Å². The summed E-state index contributed by atoms with van der Waals surface area (Å²) >= 11 is 0. The van der Waals surface area contributed by atoms with Gasteiger partial charge in [-0.2, -0.15) is 5.10 Å². The number of hydrogen-bond acceptors (Lipinski definition) is 5. The Balaban J connectivity index is 0.00000288. The first-order chi connectivity index (χ1) is 11.2. The van der Waals surface area contributed by atoms with Gasteiger partial charge in [-0.15, -0.1) is 24.0 Å². The van der Waals surface area contributed by atoms with Crippen molar-refractivity contribution in [2.45, 2.75) is 19.8 Å². The Morgan fingerprint density at radius 1 is 1.33 bits per heavy atom. The number of anilines is 1. The highest BCUT2D eigenvalue weighted by Crippen LogP contribution is 2.16. The van der Waals surface area contributed by atoms with Crippen LogP contribution in [0.5, 0.6) is 0 Å². The summed E-state index contributed by atoms with van der Waals surface area (Å²) < 4.78 is 1.74. The maximum atomic E-state index is 4.30. The molecule has 0 spiro atoms. The van der Waals surface area contributed by atoms with E-state index >= 15 is 0 Å². The number of hydrogen-bond donors (Lipinski definition) is 2. The van der Waals surface area contributed by atoms with Gasteiger partial charge in [0.05, 0.1) is 11.6 Å². The van der Waals surface area contributed by atoms with Gasteiger partial charge in [-0.05, 0) is 6.42 Å². The SMILES string of the molecule is CCCCN(C)C(=NC)NCCNc1ncnc2c1cnn2C.I. The molecule has 24 heavy (non-hydrogen) atoms. The second-order valence-corrected chi connectivity index (χ2v) is 5.40. The predicted molar refractivity (Wildman–Crippen MR) is 109 cm³/mol. The van der Waals surface area contributed by atoms with Crippen LogP contribution in [0.3, 0.4) is 0 Å². The van der Waals surface area contributed by atoms with Crippen LogP contribution in [0, 0.1) is 0 Å². The van der Waals surface area contributed by atoms with Gasteiger partial charge in [0.2, 0.25) is 0 Å². The average Bonchev–Trinajstić information content (AvgIpc) is 2.95. The zero-order valence-corrected chi connectivity index (χ0v) is 17.1. The van der Waals surface area contributed by atoms with Gasteiger partial charge in [0.25, 0.3) is 0 Å². The van der Waals surface area contributed by atoms with Crippen molar-refractivity contribution in [3.05, 3.63) is 12.5 Å². The molecule has 2 aromatic heterocycles. The van der Waals surface area contributed by atoms with Crippen LogP contribution in [0.1, 0.15) is 19.8 Å². The molecular weight excluding hydrogens is 419 g/mol. The Bertz CT molecular complexity index is 654. The first-order valence-electron chi connectivity index (χ1n) is 7.95. The highest BCUT2D eigenvalue weighted by atomic mass is 127. The third-order valence-electron chi connectivity index (χ3n) is 3.65. The summed E-state index contributed by atoms with van der Waals surface area (Å²) in [6.07, 6.45) is 5.67. The van der Waals surface area contributed by atoms with Crippen LogP contribution in [0.2, 0.25) is 0 Å². The van der Waals surface area contributed by atoms with Gasteiger partial charge in [0.15, 0.2) is 11.6 Å². The molecule has 0 atom stereocenters. The minimum atomic E-state index is 0. The summed E-state index contributed by atoms with van der Waals surface area (Å²) in [6.45, 7) is 4.69. The molecule has 0 aliphatic carbocycles. The number of aryl methyl sites for hydroxylation is 1. The fraction of sp³-hybridized carbons (Fsp3) is 0.600. The fourth-order valence-electron chi connectivity index (χ4n) is 2.34. The zero-order chi connectivity index (χ0) is 16.7. The molecule has 2 heterocycles. The van der Waals surface area contributed by atoms with Gasteiger partial charge < -0.3 is 15.5 Å². The van der Waals surface area contributed by atoms with Gasteiger partial charge in [0, 0.05) is 40.8 Å². The van der Waals surface area contributed by atoms with Crippen molar-refractivity contribution < 1.29 is 0 Å². The smallest absolute Gasteiger partial charge is 0.193 e. The van der Waals surface area contributed by atoms with Crippen molar-refractivity contribution >= 4 is 46.8 Å². The number of aliphatic imine (C=N–C) groups is 1. The summed E-state index contributed by atoms with van der Waals surface area (Å²) in [4.78, 5) is 15.0. The second kappa shape index (κ2) is 10.3. The maximum Gasteiger partial charge on any atom is 0.193 e. The lowest BCUT2D eigenvalue weighted by atomic mass is 10.3. The number of guanidine groups is 1. The Kier molecular flexibility index (Phi) is 8.72. The number of nitrogens with one attached hydrogen (secondary N) is 2. The molecule has 0 aliphatic heterocycles. The first kappa shape index (κ1) is 20.4. The number of rotatable bonds is 7. The zero-order valence-electron chi connectivity index (χ0n) is 14.8. The van der Waals surface area contributed by atoms with E-state index in [1.807, 2.05) is 14.1 Å². The van der Waals surface area contributed by atoms with Gasteiger partial charge >= 0.3 is 0 Å². The maximum absolute atomic E-state index is 4.30. The van der Waals surface area contributed by atoms with E-state index in [9.17, 15) is 0 Å². The van der Waals surface area contributed by atoms with Gasteiger partial charge in [-0.1, -0.05) is 13.3 Å². The lowest BCUT2D eigenvalue weighted by Crippen LogP contribution is -2.41. The first-order valence-corrected chi connectivity index (χ1v) is 7.95. The van der Waals surface area contributed by atoms with Gasteiger partial charge in [-0.3, -0.25) is 9.67 Å². The summed E-state index contributed by atoms with van der Waals surface area (Å²) in [7, 11) is 5.74. The molecular formula is C15H27IN8. The Labute approximate surface area is 160 Å². The fourth-order valence-corrected chi connectivity index (χ4v) is 2.34. The Morgan fingerprint density at radius 3 is 2.83 bits per heavy atom. The molecule has 0 saturated heterocycles. The van der Waals surface area contributed by atoms with Crippen molar-refractivity contribution in [2.24, 2.45) is 12.0 Å². The highest BCUT2D eigenvalue weighted by Gasteiger charge is 2.07. The van der Waals surface area contributed by atoms with Gasteiger partial charge in [-0.25, -0.2) is 9.97 Å². The molecule has 2 rings (SSSR count). The number of halogens is 1. The molecule has 0 saturated carbocycles. The van der Waals surface area contributed by atoms with E-state index in [0.717, 1.165) is 48.9 Å². The number of unbranched alkanes of at least 4 members (excludes halogenated alkanes) is 1. The normalized spacial score (nSPS) is 11.2. The van der Waals surface area contributed by atoms with E-state index in [-0.39, 0.29) is 24.0 Å². The monoisotopic (exact) mass is 446 g/mol. The van der Waals surface area contributed by atoms with Crippen LogP contribution in [0.4, 0.5) is 5.82 Å². The van der Waals surface area contributed by atoms with Gasteiger partial charge in [0.1, 0.15) is 12.1 Å². The molecule has 0 fully saturated rings. The molecule has 0 unspecified atom stereocenters. The third-order valence-corrected chi connectivity index (χ3v) is 3.65. The summed E-state index contributed by atoms with van der Waals surface area (Å²) in [6, 6.07) is 0. The van der Waals surface area contributed by atoms with Crippen molar-refractivity contribution in [1.82, 2.24) is 30.0 Å². The van der Waals surface area contributed by atoms with E-state index in [2.05, 4.69) is 49.6 Å². The van der Waals surface area contributed by atoms with Crippen LogP contribution in [0.15, 0.2) is 17.5 Å². The topological polar surface area (TPSA) is 83.3 Å². The lowest BCUT2D eigenvalue weighted by molar-refractivity contribution is 0.466. The molecule has 8 nitrogen and oxygen atoms in total. The molecule has 0 bridgehead atoms. The van der Waals surface area contributed by atoms with E-state index in [1.165, 1.54) is 6.42 Å². The second-order valence-electron chi connectivity index (χ2n) is 5.40. The van der Waals surface area contributed by atoms with Crippen molar-refractivity contribution in [2.75, 3.05) is 39.0 Å². The van der Waals surface area contributed by atoms with Crippen LogP contribution in [-0.4, -0.2) is 64.3 Å². The molecule has 0 amide bonds. The van der Waals surface area contributed by atoms with Crippen LogP contribution in [0.25, 0.3) is 11.0 Å². The molecule has 134 valence electrons. The standard InChI is InChI=1S/C15H26N8.HI/c1-5-6-9-22(3)15(16-2)18-8-7-17-13-12-10-21-23(4)14(12)20-11-19-13;/h10-11H,5-9H2,1-4H3,(H,16,18)(H,17,19,20);1H. The van der Waals surface area contributed by atoms with E-state index in [1.54, 1.807) is 17.2 Å².